The second-order valence-corrected chi connectivity index (χ2v) is 3.41. The Labute approximate surface area is 58.0 Å². The standard InChI is InChI=1S/C7H10F2O/c8-7(9)5-1-4(3-10)2-6(5)7/h4-6,10H,1-3H2/t5-,6-/m0/s1. The minimum absolute atomic E-state index is 0.0864. The van der Waals surface area contributed by atoms with Gasteiger partial charge in [-0.1, -0.05) is 0 Å². The zero-order valence-electron chi connectivity index (χ0n) is 5.56. The van der Waals surface area contributed by atoms with Crippen LogP contribution in [0, 0.1) is 17.8 Å². The number of halogens is 2. The average molecular weight is 148 g/mol. The largest absolute Gasteiger partial charge is 0.396 e. The molecule has 10 heavy (non-hydrogen) atoms. The lowest BCUT2D eigenvalue weighted by molar-refractivity contribution is 0.0563. The van der Waals surface area contributed by atoms with Crippen LogP contribution in [-0.2, 0) is 0 Å². The minimum Gasteiger partial charge on any atom is -0.396 e. The van der Waals surface area contributed by atoms with Crippen molar-refractivity contribution >= 4 is 0 Å². The molecule has 0 amide bonds. The first-order chi connectivity index (χ1) is 4.66. The maximum Gasteiger partial charge on any atom is 0.254 e. The van der Waals surface area contributed by atoms with Gasteiger partial charge in [-0.2, -0.15) is 0 Å². The van der Waals surface area contributed by atoms with Crippen molar-refractivity contribution in [2.45, 2.75) is 18.8 Å². The van der Waals surface area contributed by atoms with Crippen LogP contribution in [-0.4, -0.2) is 17.6 Å². The second kappa shape index (κ2) is 1.70. The first-order valence-corrected chi connectivity index (χ1v) is 3.65. The van der Waals surface area contributed by atoms with Gasteiger partial charge >= 0.3 is 0 Å². The molecule has 2 fully saturated rings. The van der Waals surface area contributed by atoms with Gasteiger partial charge in [0.15, 0.2) is 0 Å². The van der Waals surface area contributed by atoms with E-state index < -0.39 is 5.92 Å². The molecule has 0 aliphatic heterocycles. The van der Waals surface area contributed by atoms with Crippen LogP contribution < -0.4 is 0 Å². The molecule has 0 saturated heterocycles. The van der Waals surface area contributed by atoms with E-state index in [-0.39, 0.29) is 24.4 Å². The summed E-state index contributed by atoms with van der Waals surface area (Å²) in [5.74, 6) is -2.98. The Hall–Kier alpha value is -0.180. The quantitative estimate of drug-likeness (QED) is 0.593. The molecule has 0 heterocycles. The first-order valence-electron chi connectivity index (χ1n) is 3.65. The molecule has 1 N–H and O–H groups in total. The van der Waals surface area contributed by atoms with Crippen LogP contribution >= 0.6 is 0 Å². The Bertz CT molecular complexity index is 144. The van der Waals surface area contributed by atoms with E-state index in [2.05, 4.69) is 0 Å². The van der Waals surface area contributed by atoms with Crippen molar-refractivity contribution in [2.75, 3.05) is 6.61 Å². The van der Waals surface area contributed by atoms with Gasteiger partial charge in [-0.25, -0.2) is 8.78 Å². The third-order valence-corrected chi connectivity index (χ3v) is 2.80. The molecule has 0 unspecified atom stereocenters. The van der Waals surface area contributed by atoms with E-state index >= 15 is 0 Å². The molecule has 1 nitrogen and oxygen atoms in total. The number of fused-ring (bicyclic) bond motifs is 1. The van der Waals surface area contributed by atoms with Gasteiger partial charge in [0.2, 0.25) is 0 Å². The average Bonchev–Trinajstić information content (AvgIpc) is 2.37. The maximum absolute atomic E-state index is 12.5. The molecule has 2 aliphatic rings. The van der Waals surface area contributed by atoms with Crippen LogP contribution in [0.3, 0.4) is 0 Å². The zero-order valence-corrected chi connectivity index (χ0v) is 5.56. The summed E-state index contributed by atoms with van der Waals surface area (Å²) < 4.78 is 24.9. The molecule has 3 heteroatoms. The molecule has 2 saturated carbocycles. The Morgan fingerprint density at radius 2 is 1.80 bits per heavy atom. The van der Waals surface area contributed by atoms with E-state index in [4.69, 9.17) is 5.11 Å². The van der Waals surface area contributed by atoms with Gasteiger partial charge in [-0.05, 0) is 18.8 Å². The smallest absolute Gasteiger partial charge is 0.254 e. The van der Waals surface area contributed by atoms with Crippen LogP contribution in [0.4, 0.5) is 8.78 Å². The summed E-state index contributed by atoms with van der Waals surface area (Å²) in [6, 6.07) is 0. The van der Waals surface area contributed by atoms with Crippen molar-refractivity contribution in [3.63, 3.8) is 0 Å². The van der Waals surface area contributed by atoms with E-state index in [0.29, 0.717) is 12.8 Å². The number of aliphatic hydroxyl groups excluding tert-OH is 1. The van der Waals surface area contributed by atoms with E-state index in [1.165, 1.54) is 0 Å². The molecule has 2 aliphatic carbocycles. The highest BCUT2D eigenvalue weighted by atomic mass is 19.3. The first kappa shape index (κ1) is 6.53. The predicted octanol–water partition coefficient (Wildman–Crippen LogP) is 1.27. The number of hydrogen-bond donors (Lipinski definition) is 1. The summed E-state index contributed by atoms with van der Waals surface area (Å²) >= 11 is 0. The van der Waals surface area contributed by atoms with Crippen LogP contribution in [0.5, 0.6) is 0 Å². The van der Waals surface area contributed by atoms with Crippen LogP contribution in [0.25, 0.3) is 0 Å². The van der Waals surface area contributed by atoms with Crippen molar-refractivity contribution in [3.8, 4) is 0 Å². The summed E-state index contributed by atoms with van der Waals surface area (Å²) in [6.45, 7) is 0.0864. The monoisotopic (exact) mass is 148 g/mol. The van der Waals surface area contributed by atoms with E-state index in [0.717, 1.165) is 0 Å². The summed E-state index contributed by atoms with van der Waals surface area (Å²) in [6.07, 6.45) is 1.07. The molecule has 2 atom stereocenters. The van der Waals surface area contributed by atoms with Crippen LogP contribution in [0.1, 0.15) is 12.8 Å². The van der Waals surface area contributed by atoms with Crippen molar-refractivity contribution in [2.24, 2.45) is 17.8 Å². The van der Waals surface area contributed by atoms with Crippen molar-refractivity contribution in [1.82, 2.24) is 0 Å². The topological polar surface area (TPSA) is 20.2 Å². The highest BCUT2D eigenvalue weighted by Crippen LogP contribution is 2.65. The third kappa shape index (κ3) is 0.641. The Morgan fingerprint density at radius 1 is 1.30 bits per heavy atom. The number of alkyl halides is 2. The number of rotatable bonds is 1. The number of hydrogen-bond acceptors (Lipinski definition) is 1. The molecule has 0 spiro atoms. The van der Waals surface area contributed by atoms with Crippen LogP contribution in [0.15, 0.2) is 0 Å². The normalized spacial score (nSPS) is 43.5. The molecule has 0 aromatic heterocycles. The molecule has 0 aromatic carbocycles. The predicted molar refractivity (Wildman–Crippen MR) is 31.7 cm³/mol. The van der Waals surface area contributed by atoms with Crippen molar-refractivity contribution < 1.29 is 13.9 Å². The van der Waals surface area contributed by atoms with Gasteiger partial charge in [0, 0.05) is 18.4 Å². The Kier molecular flexibility index (Phi) is 1.11. The lowest BCUT2D eigenvalue weighted by atomic mass is 10.0. The Balaban J connectivity index is 1.96. The van der Waals surface area contributed by atoms with Gasteiger partial charge < -0.3 is 5.11 Å². The van der Waals surface area contributed by atoms with Crippen molar-refractivity contribution in [1.29, 1.82) is 0 Å². The zero-order chi connectivity index (χ0) is 7.35. The fourth-order valence-corrected chi connectivity index (χ4v) is 2.07. The maximum atomic E-state index is 12.5. The summed E-state index contributed by atoms with van der Waals surface area (Å²) in [5, 5.41) is 8.63. The fraction of sp³-hybridized carbons (Fsp3) is 1.00. The van der Waals surface area contributed by atoms with Crippen molar-refractivity contribution in [3.05, 3.63) is 0 Å². The SMILES string of the molecule is OCC1C[C@H]2[C@H](C1)C2(F)F. The Morgan fingerprint density at radius 3 is 2.20 bits per heavy atom. The fourth-order valence-electron chi connectivity index (χ4n) is 2.07. The summed E-state index contributed by atoms with van der Waals surface area (Å²) in [5.41, 5.74) is 0. The van der Waals surface area contributed by atoms with Gasteiger partial charge in [0.05, 0.1) is 0 Å². The molecular weight excluding hydrogens is 138 g/mol. The summed E-state index contributed by atoms with van der Waals surface area (Å²) in [7, 11) is 0. The molecular formula is C7H10F2O. The lowest BCUT2D eigenvalue weighted by Gasteiger charge is -2.09. The van der Waals surface area contributed by atoms with Gasteiger partial charge in [-0.3, -0.25) is 0 Å². The highest BCUT2D eigenvalue weighted by molar-refractivity contribution is 5.10. The van der Waals surface area contributed by atoms with Gasteiger partial charge in [-0.15, -0.1) is 0 Å². The minimum atomic E-state index is -2.37. The molecule has 0 aromatic rings. The third-order valence-electron chi connectivity index (χ3n) is 2.80. The van der Waals surface area contributed by atoms with E-state index in [1.54, 1.807) is 0 Å². The molecule has 58 valence electrons. The summed E-state index contributed by atoms with van der Waals surface area (Å²) in [4.78, 5) is 0. The van der Waals surface area contributed by atoms with Gasteiger partial charge in [0.1, 0.15) is 0 Å². The number of aliphatic hydroxyl groups is 1. The van der Waals surface area contributed by atoms with E-state index in [1.807, 2.05) is 0 Å². The molecule has 0 radical (unpaired) electrons. The van der Waals surface area contributed by atoms with Crippen LogP contribution in [0.2, 0.25) is 0 Å². The lowest BCUT2D eigenvalue weighted by Crippen LogP contribution is -2.10. The molecule has 2 rings (SSSR count). The molecule has 0 bridgehead atoms. The van der Waals surface area contributed by atoms with Gasteiger partial charge in [0.25, 0.3) is 5.92 Å². The van der Waals surface area contributed by atoms with E-state index in [9.17, 15) is 8.78 Å². The second-order valence-electron chi connectivity index (χ2n) is 3.41. The highest BCUT2D eigenvalue weighted by Gasteiger charge is 2.71.